The Bertz CT molecular complexity index is 493. The highest BCUT2D eigenvalue weighted by atomic mass is 32.2. The van der Waals surface area contributed by atoms with Gasteiger partial charge in [0.1, 0.15) is 10.1 Å². The van der Waals surface area contributed by atoms with Crippen LogP contribution < -0.4 is 5.73 Å². The van der Waals surface area contributed by atoms with Gasteiger partial charge in [-0.3, -0.25) is 4.68 Å². The van der Waals surface area contributed by atoms with E-state index in [1.165, 1.54) is 5.56 Å². The number of hydrogen-bond donors (Lipinski definition) is 1. The summed E-state index contributed by atoms with van der Waals surface area (Å²) in [7, 11) is 1.96. The molecule has 0 saturated heterocycles. The molecule has 0 bridgehead atoms. The molecule has 4 nitrogen and oxygen atoms in total. The molecule has 17 heavy (non-hydrogen) atoms. The van der Waals surface area contributed by atoms with Gasteiger partial charge in [-0.15, -0.1) is 0 Å². The highest BCUT2D eigenvalue weighted by Crippen LogP contribution is 2.30. The molecule has 0 radical (unpaired) electrons. The first-order chi connectivity index (χ1) is 8.22. The average Bonchev–Trinajstić information content (AvgIpc) is 2.58. The number of nitrogens with zero attached hydrogens (tertiary/aromatic N) is 3. The monoisotopic (exact) mass is 248 g/mol. The molecule has 2 N–H and O–H groups in total. The van der Waals surface area contributed by atoms with E-state index in [9.17, 15) is 0 Å². The topological polar surface area (TPSA) is 56.7 Å². The summed E-state index contributed by atoms with van der Waals surface area (Å²) in [5, 5.41) is 6.55. The van der Waals surface area contributed by atoms with Crippen LogP contribution in [0, 0.1) is 6.92 Å². The van der Waals surface area contributed by atoms with Crippen molar-refractivity contribution in [3.63, 3.8) is 0 Å². The van der Waals surface area contributed by atoms with E-state index in [1.54, 1.807) is 18.0 Å². The molecule has 0 fully saturated rings. The third-order valence-corrected chi connectivity index (χ3v) is 3.68. The van der Waals surface area contributed by atoms with E-state index in [2.05, 4.69) is 10.1 Å². The lowest BCUT2D eigenvalue weighted by molar-refractivity contribution is 0.687. The maximum atomic E-state index is 5.64. The molecule has 0 aliphatic rings. The Balaban J connectivity index is 2.31. The molecule has 90 valence electrons. The predicted molar refractivity (Wildman–Crippen MR) is 69.1 cm³/mol. The van der Waals surface area contributed by atoms with Crippen LogP contribution in [0.3, 0.4) is 0 Å². The van der Waals surface area contributed by atoms with Crippen molar-refractivity contribution in [2.75, 3.05) is 6.54 Å². The molecule has 0 amide bonds. The smallest absolute Gasteiger partial charge is 0.103 e. The van der Waals surface area contributed by atoms with Crippen molar-refractivity contribution in [2.24, 2.45) is 12.8 Å². The molecule has 0 aliphatic carbocycles. The number of aromatic nitrogens is 3. The van der Waals surface area contributed by atoms with Gasteiger partial charge in [0.15, 0.2) is 0 Å². The number of rotatable bonds is 4. The van der Waals surface area contributed by atoms with E-state index in [0.29, 0.717) is 6.54 Å². The number of aryl methyl sites for hydroxylation is 2. The van der Waals surface area contributed by atoms with E-state index < -0.39 is 0 Å². The van der Waals surface area contributed by atoms with Gasteiger partial charge in [0.05, 0.1) is 5.69 Å². The van der Waals surface area contributed by atoms with Crippen LogP contribution >= 0.6 is 11.8 Å². The molecular formula is C12H16N4S. The Morgan fingerprint density at radius 1 is 1.41 bits per heavy atom. The minimum absolute atomic E-state index is 0.641. The van der Waals surface area contributed by atoms with Crippen LogP contribution in [-0.2, 0) is 13.5 Å². The van der Waals surface area contributed by atoms with Gasteiger partial charge in [0.25, 0.3) is 0 Å². The molecule has 0 aliphatic heterocycles. The third kappa shape index (κ3) is 2.68. The van der Waals surface area contributed by atoms with Gasteiger partial charge >= 0.3 is 0 Å². The highest BCUT2D eigenvalue weighted by molar-refractivity contribution is 7.99. The quantitative estimate of drug-likeness (QED) is 0.896. The zero-order valence-corrected chi connectivity index (χ0v) is 10.9. The van der Waals surface area contributed by atoms with E-state index in [-0.39, 0.29) is 0 Å². The van der Waals surface area contributed by atoms with Gasteiger partial charge in [0.2, 0.25) is 0 Å². The highest BCUT2D eigenvalue weighted by Gasteiger charge is 2.13. The first kappa shape index (κ1) is 12.1. The van der Waals surface area contributed by atoms with Crippen molar-refractivity contribution in [1.82, 2.24) is 14.8 Å². The molecule has 2 aromatic rings. The van der Waals surface area contributed by atoms with E-state index in [4.69, 9.17) is 5.73 Å². The Morgan fingerprint density at radius 3 is 2.88 bits per heavy atom. The molecular weight excluding hydrogens is 232 g/mol. The van der Waals surface area contributed by atoms with Crippen molar-refractivity contribution < 1.29 is 0 Å². The van der Waals surface area contributed by atoms with Crippen molar-refractivity contribution in [3.8, 4) is 0 Å². The van der Waals surface area contributed by atoms with Crippen molar-refractivity contribution in [1.29, 1.82) is 0 Å². The summed E-state index contributed by atoms with van der Waals surface area (Å²) in [5.41, 5.74) is 7.92. The van der Waals surface area contributed by atoms with Gasteiger partial charge in [0, 0.05) is 18.8 Å². The molecule has 0 spiro atoms. The summed E-state index contributed by atoms with van der Waals surface area (Å²) >= 11 is 1.64. The first-order valence-electron chi connectivity index (χ1n) is 5.53. The minimum atomic E-state index is 0.641. The largest absolute Gasteiger partial charge is 0.330 e. The number of hydrogen-bond acceptors (Lipinski definition) is 4. The van der Waals surface area contributed by atoms with Crippen LogP contribution in [0.4, 0.5) is 0 Å². The van der Waals surface area contributed by atoms with Crippen LogP contribution in [0.5, 0.6) is 0 Å². The second-order valence-corrected chi connectivity index (χ2v) is 4.81. The maximum Gasteiger partial charge on any atom is 0.103 e. The van der Waals surface area contributed by atoms with Crippen LogP contribution in [0.15, 0.2) is 34.4 Å². The van der Waals surface area contributed by atoms with Gasteiger partial charge in [-0.25, -0.2) is 4.98 Å². The van der Waals surface area contributed by atoms with Gasteiger partial charge in [-0.1, -0.05) is 17.8 Å². The first-order valence-corrected chi connectivity index (χ1v) is 6.35. The summed E-state index contributed by atoms with van der Waals surface area (Å²) in [4.78, 5) is 4.32. The molecule has 0 atom stereocenters. The van der Waals surface area contributed by atoms with E-state index in [0.717, 1.165) is 22.2 Å². The fourth-order valence-corrected chi connectivity index (χ4v) is 2.75. The Morgan fingerprint density at radius 2 is 2.24 bits per heavy atom. The Kier molecular flexibility index (Phi) is 3.81. The van der Waals surface area contributed by atoms with Gasteiger partial charge in [-0.2, -0.15) is 5.10 Å². The summed E-state index contributed by atoms with van der Waals surface area (Å²) in [6, 6.07) is 5.90. The molecule has 2 heterocycles. The lowest BCUT2D eigenvalue weighted by Gasteiger charge is -2.04. The average molecular weight is 248 g/mol. The van der Waals surface area contributed by atoms with E-state index >= 15 is 0 Å². The van der Waals surface area contributed by atoms with Crippen LogP contribution in [0.25, 0.3) is 0 Å². The standard InChI is InChI=1S/C12H16N4S/c1-9-10(6-7-13)12(16(2)15-9)17-11-5-3-4-8-14-11/h3-5,8H,6-7,13H2,1-2H3. The van der Waals surface area contributed by atoms with Crippen LogP contribution in [0.2, 0.25) is 0 Å². The fourth-order valence-electron chi connectivity index (χ4n) is 1.75. The van der Waals surface area contributed by atoms with Gasteiger partial charge in [-0.05, 0) is 32.0 Å². The predicted octanol–water partition coefficient (Wildman–Crippen LogP) is 1.78. The maximum absolute atomic E-state index is 5.64. The zero-order chi connectivity index (χ0) is 12.3. The SMILES string of the molecule is Cc1nn(C)c(Sc2ccccn2)c1CCN. The number of nitrogens with two attached hydrogens (primary N) is 1. The molecule has 0 aromatic carbocycles. The zero-order valence-electron chi connectivity index (χ0n) is 10.1. The molecule has 0 unspecified atom stereocenters. The van der Waals surface area contributed by atoms with Crippen molar-refractivity contribution in [2.45, 2.75) is 23.4 Å². The second kappa shape index (κ2) is 5.33. The summed E-state index contributed by atoms with van der Waals surface area (Å²) in [6.07, 6.45) is 2.66. The van der Waals surface area contributed by atoms with Crippen LogP contribution in [0.1, 0.15) is 11.3 Å². The summed E-state index contributed by atoms with van der Waals surface area (Å²) in [5.74, 6) is 0. The summed E-state index contributed by atoms with van der Waals surface area (Å²) < 4.78 is 1.90. The van der Waals surface area contributed by atoms with Crippen molar-refractivity contribution >= 4 is 11.8 Å². The second-order valence-electron chi connectivity index (χ2n) is 3.80. The fraction of sp³-hybridized carbons (Fsp3) is 0.333. The molecule has 0 saturated carbocycles. The Labute approximate surface area is 105 Å². The minimum Gasteiger partial charge on any atom is -0.330 e. The molecule has 2 rings (SSSR count). The van der Waals surface area contributed by atoms with Crippen LogP contribution in [-0.4, -0.2) is 21.3 Å². The molecule has 5 heteroatoms. The van der Waals surface area contributed by atoms with E-state index in [1.807, 2.05) is 36.9 Å². The van der Waals surface area contributed by atoms with Crippen molar-refractivity contribution in [3.05, 3.63) is 35.7 Å². The lowest BCUT2D eigenvalue weighted by Crippen LogP contribution is -2.04. The number of pyridine rings is 1. The summed E-state index contributed by atoms with van der Waals surface area (Å²) in [6.45, 7) is 2.66. The molecule has 2 aromatic heterocycles. The Hall–Kier alpha value is -1.33. The normalized spacial score (nSPS) is 10.8. The van der Waals surface area contributed by atoms with Gasteiger partial charge < -0.3 is 5.73 Å². The third-order valence-electron chi connectivity index (χ3n) is 2.52. The lowest BCUT2D eigenvalue weighted by atomic mass is 10.2.